The Balaban J connectivity index is 1.65. The topological polar surface area (TPSA) is 158 Å². The summed E-state index contributed by atoms with van der Waals surface area (Å²) in [4.78, 5) is 58.7. The Morgan fingerprint density at radius 3 is 2.60 bits per heavy atom. The number of aromatic nitrogens is 2. The summed E-state index contributed by atoms with van der Waals surface area (Å²) in [5, 5.41) is 22.0. The van der Waals surface area contributed by atoms with Crippen LogP contribution in [0.2, 0.25) is 0 Å². The molecule has 3 heterocycles. The molecule has 4 bridgehead atoms. The van der Waals surface area contributed by atoms with Gasteiger partial charge in [-0.1, -0.05) is 19.9 Å². The first-order valence-corrected chi connectivity index (χ1v) is 13.8. The number of hydrogen-bond acceptors (Lipinski definition) is 7. The van der Waals surface area contributed by atoms with Crippen LogP contribution in [0.15, 0.2) is 30.7 Å². The summed E-state index contributed by atoms with van der Waals surface area (Å²) in [6.45, 7) is 5.99. The zero-order valence-electron chi connectivity index (χ0n) is 23.4. The van der Waals surface area contributed by atoms with E-state index in [0.29, 0.717) is 43.7 Å². The quantitative estimate of drug-likeness (QED) is 0.351. The first-order chi connectivity index (χ1) is 19.1. The highest BCUT2D eigenvalue weighted by Crippen LogP contribution is 2.24. The number of aromatic hydroxyl groups is 1. The normalized spacial score (nSPS) is 25.1. The average Bonchev–Trinajstić information content (AvgIpc) is 3.60. The van der Waals surface area contributed by atoms with Crippen LogP contribution in [0.3, 0.4) is 0 Å². The van der Waals surface area contributed by atoms with Gasteiger partial charge in [-0.05, 0) is 56.8 Å². The minimum atomic E-state index is -0.896. The van der Waals surface area contributed by atoms with E-state index in [4.69, 9.17) is 0 Å². The second kappa shape index (κ2) is 12.5. The van der Waals surface area contributed by atoms with Crippen molar-refractivity contribution in [1.82, 2.24) is 35.7 Å². The van der Waals surface area contributed by atoms with Crippen LogP contribution in [0.1, 0.15) is 44.9 Å². The largest absolute Gasteiger partial charge is 0.506 e. The van der Waals surface area contributed by atoms with Gasteiger partial charge in [-0.3, -0.25) is 19.2 Å². The van der Waals surface area contributed by atoms with E-state index in [9.17, 15) is 24.3 Å². The van der Waals surface area contributed by atoms with Crippen molar-refractivity contribution < 1.29 is 24.3 Å². The van der Waals surface area contributed by atoms with E-state index < -0.39 is 36.0 Å². The molecule has 1 aromatic heterocycles. The fraction of sp³-hybridized carbons (Fsp3) is 0.536. The zero-order valence-corrected chi connectivity index (χ0v) is 23.4. The lowest BCUT2D eigenvalue weighted by molar-refractivity contribution is -0.141. The molecule has 40 heavy (non-hydrogen) atoms. The van der Waals surface area contributed by atoms with Crippen molar-refractivity contribution in [2.24, 2.45) is 5.92 Å². The van der Waals surface area contributed by atoms with Crippen molar-refractivity contribution in [2.75, 3.05) is 20.1 Å². The summed E-state index contributed by atoms with van der Waals surface area (Å²) in [5.74, 6) is -1.55. The van der Waals surface area contributed by atoms with Gasteiger partial charge in [-0.2, -0.15) is 0 Å². The van der Waals surface area contributed by atoms with Crippen molar-refractivity contribution >= 4 is 23.6 Å². The second-order valence-corrected chi connectivity index (χ2v) is 10.8. The van der Waals surface area contributed by atoms with Gasteiger partial charge in [0.05, 0.1) is 23.8 Å². The van der Waals surface area contributed by atoms with Crippen molar-refractivity contribution in [3.05, 3.63) is 42.0 Å². The molecule has 0 aliphatic carbocycles. The number of rotatable bonds is 2. The average molecular weight is 554 g/mol. The van der Waals surface area contributed by atoms with Crippen molar-refractivity contribution in [1.29, 1.82) is 0 Å². The maximum absolute atomic E-state index is 13.5. The maximum atomic E-state index is 13.5. The highest BCUT2D eigenvalue weighted by atomic mass is 16.3. The molecule has 1 unspecified atom stereocenters. The Morgan fingerprint density at radius 1 is 1.10 bits per heavy atom. The SMILES string of the molecule is CNC1Cc2cn(cn2)-c2cc(ccc2O)CCNC(=O)[C@H](C(C)C)NC(=O)[C@H](C)NC(=O)[C@@H]2CCCN2C1=O. The van der Waals surface area contributed by atoms with E-state index in [-0.39, 0.29) is 29.9 Å². The van der Waals surface area contributed by atoms with Gasteiger partial charge >= 0.3 is 0 Å². The highest BCUT2D eigenvalue weighted by molar-refractivity contribution is 5.95. The van der Waals surface area contributed by atoms with E-state index >= 15 is 0 Å². The molecule has 12 nitrogen and oxygen atoms in total. The van der Waals surface area contributed by atoms with Crippen LogP contribution in [0.5, 0.6) is 5.75 Å². The van der Waals surface area contributed by atoms with Crippen molar-refractivity contribution in [3.63, 3.8) is 0 Å². The van der Waals surface area contributed by atoms with Crippen molar-refractivity contribution in [3.8, 4) is 11.4 Å². The van der Waals surface area contributed by atoms with Gasteiger partial charge in [0.25, 0.3) is 0 Å². The molecule has 2 aliphatic rings. The Morgan fingerprint density at radius 2 is 1.88 bits per heavy atom. The maximum Gasteiger partial charge on any atom is 0.243 e. The van der Waals surface area contributed by atoms with Gasteiger partial charge in [0.2, 0.25) is 23.6 Å². The molecule has 12 heteroatoms. The fourth-order valence-electron chi connectivity index (χ4n) is 5.19. The molecule has 4 atom stereocenters. The number of likely N-dealkylation sites (N-methyl/N-ethyl adjacent to an activating group) is 1. The standard InChI is InChI=1S/C28H39N7O5/c1-16(2)24-27(39)30-10-9-18-7-8-23(36)22(12-18)34-14-19(31-15-34)13-20(29-4)28(40)35-11-5-6-21(35)26(38)32-17(3)25(37)33-24/h7-8,12,14-17,20-21,24,29,36H,5-6,9-11,13H2,1-4H3,(H,30,39)(H,32,38)(H,33,37)/t17-,20?,21-,24-/m0/s1. The molecular formula is C28H39N7O5. The van der Waals surface area contributed by atoms with Gasteiger partial charge < -0.3 is 35.8 Å². The number of fused-ring (bicyclic) bond motifs is 6. The van der Waals surface area contributed by atoms with E-state index in [1.165, 1.54) is 0 Å². The van der Waals surface area contributed by atoms with E-state index in [1.807, 2.05) is 19.9 Å². The molecule has 5 N–H and O–H groups in total. The molecular weight excluding hydrogens is 514 g/mol. The number of phenolic OH excluding ortho intramolecular Hbond substituents is 1. The molecule has 4 amide bonds. The zero-order chi connectivity index (χ0) is 29.0. The van der Waals surface area contributed by atoms with E-state index in [1.54, 1.807) is 48.1 Å². The van der Waals surface area contributed by atoms with Gasteiger partial charge in [0.15, 0.2) is 0 Å². The Labute approximate surface area is 233 Å². The number of carbonyl (C=O) groups excluding carboxylic acids is 4. The van der Waals surface area contributed by atoms with Crippen LogP contribution in [0, 0.1) is 5.92 Å². The molecule has 0 spiro atoms. The van der Waals surface area contributed by atoms with Gasteiger partial charge in [-0.25, -0.2) is 4.98 Å². The van der Waals surface area contributed by atoms with Crippen LogP contribution in [0.4, 0.5) is 0 Å². The second-order valence-electron chi connectivity index (χ2n) is 10.8. The summed E-state index contributed by atoms with van der Waals surface area (Å²) in [5.41, 5.74) is 2.05. The number of nitrogens with one attached hydrogen (secondary N) is 4. The number of benzene rings is 1. The van der Waals surface area contributed by atoms with Gasteiger partial charge in [0, 0.05) is 25.7 Å². The molecule has 4 rings (SSSR count). The summed E-state index contributed by atoms with van der Waals surface area (Å²) in [7, 11) is 1.69. The Kier molecular flexibility index (Phi) is 9.08. The molecule has 0 radical (unpaired) electrons. The fourth-order valence-corrected chi connectivity index (χ4v) is 5.19. The molecule has 2 aromatic rings. The number of carbonyl (C=O) groups is 4. The number of nitrogens with zero attached hydrogens (tertiary/aromatic N) is 3. The monoisotopic (exact) mass is 553 g/mol. The van der Waals surface area contributed by atoms with Crippen molar-refractivity contribution in [2.45, 2.75) is 70.6 Å². The molecule has 1 fully saturated rings. The summed E-state index contributed by atoms with van der Waals surface area (Å²) < 4.78 is 1.70. The predicted octanol–water partition coefficient (Wildman–Crippen LogP) is 0.0172. The molecule has 0 saturated carbocycles. The molecule has 1 saturated heterocycles. The van der Waals surface area contributed by atoms with Crippen LogP contribution in [0.25, 0.3) is 5.69 Å². The van der Waals surface area contributed by atoms with Gasteiger partial charge in [-0.15, -0.1) is 0 Å². The van der Waals surface area contributed by atoms with E-state index in [0.717, 1.165) is 5.56 Å². The number of phenols is 1. The number of hydrogen-bond donors (Lipinski definition) is 5. The highest BCUT2D eigenvalue weighted by Gasteiger charge is 2.38. The Bertz CT molecular complexity index is 1260. The third kappa shape index (κ3) is 6.44. The molecule has 216 valence electrons. The Hall–Kier alpha value is -3.93. The number of imidazole rings is 1. The minimum Gasteiger partial charge on any atom is -0.506 e. The third-order valence-electron chi connectivity index (χ3n) is 7.56. The summed E-state index contributed by atoms with van der Waals surface area (Å²) >= 11 is 0. The molecule has 2 aliphatic heterocycles. The van der Waals surface area contributed by atoms with Crippen LogP contribution in [-0.4, -0.2) is 87.5 Å². The number of amides is 4. The minimum absolute atomic E-state index is 0.0685. The first-order valence-electron chi connectivity index (χ1n) is 13.8. The first kappa shape index (κ1) is 29.1. The van der Waals surface area contributed by atoms with Crippen LogP contribution < -0.4 is 21.3 Å². The summed E-state index contributed by atoms with van der Waals surface area (Å²) in [6, 6.07) is 2.20. The van der Waals surface area contributed by atoms with E-state index in [2.05, 4.69) is 26.3 Å². The lowest BCUT2D eigenvalue weighted by Crippen LogP contribution is -2.57. The lowest BCUT2D eigenvalue weighted by Gasteiger charge is -2.29. The lowest BCUT2D eigenvalue weighted by atomic mass is 10.0. The van der Waals surface area contributed by atoms with Crippen LogP contribution in [-0.2, 0) is 32.0 Å². The van der Waals surface area contributed by atoms with Crippen LogP contribution >= 0.6 is 0 Å². The van der Waals surface area contributed by atoms with Gasteiger partial charge in [0.1, 0.15) is 23.9 Å². The molecule has 1 aromatic carbocycles. The third-order valence-corrected chi connectivity index (χ3v) is 7.56. The predicted molar refractivity (Wildman–Crippen MR) is 148 cm³/mol. The smallest absolute Gasteiger partial charge is 0.243 e. The summed E-state index contributed by atoms with van der Waals surface area (Å²) in [6.07, 6.45) is 5.29.